The quantitative estimate of drug-likeness (QED) is 0.307. The Balaban J connectivity index is 1.37. The Kier molecular flexibility index (Phi) is 3.84. The van der Waals surface area contributed by atoms with Crippen LogP contribution in [-0.2, 0) is 0 Å². The van der Waals surface area contributed by atoms with Gasteiger partial charge in [0.1, 0.15) is 22.3 Å². The molecular formula is C30H19NO2. The standard InChI is InChI=1S/C30H19NO2/c1-2-7-19(8-3-1)20-13-16-27-24(17-20)30-25(10-6-12-28(30)32-27)31-21-14-15-23-22-9-4-5-11-26(22)33-29(23)18-21/h1-18,31H. The zero-order valence-corrected chi connectivity index (χ0v) is 17.7. The number of hydrogen-bond acceptors (Lipinski definition) is 3. The molecule has 7 aromatic rings. The Bertz CT molecular complexity index is 1790. The van der Waals surface area contributed by atoms with E-state index in [-0.39, 0.29) is 0 Å². The highest BCUT2D eigenvalue weighted by Crippen LogP contribution is 2.38. The van der Waals surface area contributed by atoms with Crippen LogP contribution in [0.2, 0.25) is 0 Å². The molecule has 5 aromatic carbocycles. The van der Waals surface area contributed by atoms with Crippen molar-refractivity contribution in [3.8, 4) is 11.1 Å². The van der Waals surface area contributed by atoms with Crippen LogP contribution >= 0.6 is 0 Å². The van der Waals surface area contributed by atoms with E-state index in [0.717, 1.165) is 55.3 Å². The monoisotopic (exact) mass is 425 g/mol. The number of nitrogens with one attached hydrogen (secondary N) is 1. The molecule has 0 fully saturated rings. The van der Waals surface area contributed by atoms with Crippen molar-refractivity contribution in [2.24, 2.45) is 0 Å². The highest BCUT2D eigenvalue weighted by Gasteiger charge is 2.13. The molecule has 0 amide bonds. The summed E-state index contributed by atoms with van der Waals surface area (Å²) in [4.78, 5) is 0. The summed E-state index contributed by atoms with van der Waals surface area (Å²) < 4.78 is 12.3. The first-order chi connectivity index (χ1) is 16.3. The van der Waals surface area contributed by atoms with Crippen LogP contribution in [0.4, 0.5) is 11.4 Å². The highest BCUT2D eigenvalue weighted by atomic mass is 16.3. The van der Waals surface area contributed by atoms with Crippen molar-refractivity contribution in [1.29, 1.82) is 0 Å². The maximum Gasteiger partial charge on any atom is 0.137 e. The van der Waals surface area contributed by atoms with E-state index in [4.69, 9.17) is 8.83 Å². The average Bonchev–Trinajstić information content (AvgIpc) is 3.42. The number of fused-ring (bicyclic) bond motifs is 6. The van der Waals surface area contributed by atoms with Crippen molar-refractivity contribution >= 4 is 55.3 Å². The third-order valence-corrected chi connectivity index (χ3v) is 6.26. The van der Waals surface area contributed by atoms with E-state index in [1.54, 1.807) is 0 Å². The number of furan rings is 2. The van der Waals surface area contributed by atoms with Crippen molar-refractivity contribution < 1.29 is 8.83 Å². The molecular weight excluding hydrogens is 406 g/mol. The van der Waals surface area contributed by atoms with Crippen molar-refractivity contribution in [3.05, 3.63) is 109 Å². The van der Waals surface area contributed by atoms with E-state index in [0.29, 0.717) is 0 Å². The van der Waals surface area contributed by atoms with Gasteiger partial charge in [0, 0.05) is 27.9 Å². The summed E-state index contributed by atoms with van der Waals surface area (Å²) in [6, 6.07) is 37.4. The Morgan fingerprint density at radius 1 is 0.455 bits per heavy atom. The van der Waals surface area contributed by atoms with Gasteiger partial charge in [-0.1, -0.05) is 60.7 Å². The van der Waals surface area contributed by atoms with Gasteiger partial charge in [0.15, 0.2) is 0 Å². The van der Waals surface area contributed by atoms with Gasteiger partial charge in [-0.15, -0.1) is 0 Å². The van der Waals surface area contributed by atoms with Gasteiger partial charge in [-0.25, -0.2) is 0 Å². The number of rotatable bonds is 3. The number of benzene rings is 5. The first-order valence-electron chi connectivity index (χ1n) is 11.0. The zero-order chi connectivity index (χ0) is 21.8. The second-order valence-corrected chi connectivity index (χ2v) is 8.29. The number of anilines is 2. The smallest absolute Gasteiger partial charge is 0.137 e. The van der Waals surface area contributed by atoms with Crippen LogP contribution in [0.25, 0.3) is 55.0 Å². The summed E-state index contributed by atoms with van der Waals surface area (Å²) in [5.74, 6) is 0. The Labute approximate surface area is 189 Å². The fourth-order valence-corrected chi connectivity index (χ4v) is 4.70. The maximum absolute atomic E-state index is 6.17. The van der Waals surface area contributed by atoms with E-state index in [1.807, 2.05) is 36.4 Å². The van der Waals surface area contributed by atoms with Gasteiger partial charge >= 0.3 is 0 Å². The van der Waals surface area contributed by atoms with E-state index in [9.17, 15) is 0 Å². The summed E-state index contributed by atoms with van der Waals surface area (Å²) in [5.41, 5.74) is 7.86. The lowest BCUT2D eigenvalue weighted by Crippen LogP contribution is -1.90. The SMILES string of the molecule is c1ccc(-c2ccc3oc4cccc(Nc5ccc6c(c5)oc5ccccc56)c4c3c2)cc1. The Hall–Kier alpha value is -4.50. The summed E-state index contributed by atoms with van der Waals surface area (Å²) in [6.45, 7) is 0. The summed E-state index contributed by atoms with van der Waals surface area (Å²) in [7, 11) is 0. The van der Waals surface area contributed by atoms with E-state index < -0.39 is 0 Å². The molecule has 7 rings (SSSR count). The van der Waals surface area contributed by atoms with Crippen LogP contribution in [-0.4, -0.2) is 0 Å². The van der Waals surface area contributed by atoms with Gasteiger partial charge < -0.3 is 14.2 Å². The maximum atomic E-state index is 6.17. The van der Waals surface area contributed by atoms with Crippen LogP contribution < -0.4 is 5.32 Å². The van der Waals surface area contributed by atoms with Crippen LogP contribution in [0.5, 0.6) is 0 Å². The van der Waals surface area contributed by atoms with Crippen LogP contribution in [0, 0.1) is 0 Å². The fraction of sp³-hybridized carbons (Fsp3) is 0. The predicted octanol–water partition coefficient (Wildman–Crippen LogP) is 8.90. The molecule has 0 spiro atoms. The first kappa shape index (κ1) is 18.1. The second-order valence-electron chi connectivity index (χ2n) is 8.29. The lowest BCUT2D eigenvalue weighted by molar-refractivity contribution is 0.669. The minimum atomic E-state index is 0.866. The number of hydrogen-bond donors (Lipinski definition) is 1. The normalized spacial score (nSPS) is 11.6. The molecule has 0 aliphatic heterocycles. The topological polar surface area (TPSA) is 38.3 Å². The molecule has 33 heavy (non-hydrogen) atoms. The third-order valence-electron chi connectivity index (χ3n) is 6.26. The van der Waals surface area contributed by atoms with Crippen molar-refractivity contribution in [3.63, 3.8) is 0 Å². The molecule has 0 saturated carbocycles. The summed E-state index contributed by atoms with van der Waals surface area (Å²) in [6.07, 6.45) is 0. The zero-order valence-electron chi connectivity index (χ0n) is 17.7. The second kappa shape index (κ2) is 7.01. The molecule has 3 nitrogen and oxygen atoms in total. The summed E-state index contributed by atoms with van der Waals surface area (Å²) >= 11 is 0. The Morgan fingerprint density at radius 3 is 2.15 bits per heavy atom. The van der Waals surface area contributed by atoms with Crippen molar-refractivity contribution in [2.75, 3.05) is 5.32 Å². The van der Waals surface area contributed by atoms with Gasteiger partial charge in [0.05, 0.1) is 11.1 Å². The van der Waals surface area contributed by atoms with Crippen LogP contribution in [0.3, 0.4) is 0 Å². The van der Waals surface area contributed by atoms with E-state index >= 15 is 0 Å². The molecule has 0 bridgehead atoms. The van der Waals surface area contributed by atoms with E-state index in [2.05, 4.69) is 78.1 Å². The van der Waals surface area contributed by atoms with Crippen LogP contribution in [0.1, 0.15) is 0 Å². The fourth-order valence-electron chi connectivity index (χ4n) is 4.70. The molecule has 1 N–H and O–H groups in total. The lowest BCUT2D eigenvalue weighted by Gasteiger charge is -2.08. The largest absolute Gasteiger partial charge is 0.456 e. The molecule has 2 heterocycles. The molecule has 3 heteroatoms. The van der Waals surface area contributed by atoms with Crippen molar-refractivity contribution in [1.82, 2.24) is 0 Å². The summed E-state index contributed by atoms with van der Waals surface area (Å²) in [5, 5.41) is 8.03. The molecule has 156 valence electrons. The lowest BCUT2D eigenvalue weighted by atomic mass is 10.0. The van der Waals surface area contributed by atoms with Gasteiger partial charge in [0.2, 0.25) is 0 Å². The van der Waals surface area contributed by atoms with Gasteiger partial charge in [-0.05, 0) is 53.6 Å². The molecule has 2 aromatic heterocycles. The molecule has 0 aliphatic carbocycles. The van der Waals surface area contributed by atoms with Crippen molar-refractivity contribution in [2.45, 2.75) is 0 Å². The molecule has 0 unspecified atom stereocenters. The first-order valence-corrected chi connectivity index (χ1v) is 11.0. The Morgan fingerprint density at radius 2 is 1.21 bits per heavy atom. The number of para-hydroxylation sites is 1. The minimum absolute atomic E-state index is 0.866. The average molecular weight is 425 g/mol. The van der Waals surface area contributed by atoms with Gasteiger partial charge in [0.25, 0.3) is 0 Å². The minimum Gasteiger partial charge on any atom is -0.456 e. The molecule has 0 atom stereocenters. The van der Waals surface area contributed by atoms with E-state index in [1.165, 1.54) is 11.1 Å². The molecule has 0 aliphatic rings. The molecule has 0 radical (unpaired) electrons. The van der Waals surface area contributed by atoms with Gasteiger partial charge in [-0.2, -0.15) is 0 Å². The van der Waals surface area contributed by atoms with Gasteiger partial charge in [-0.3, -0.25) is 0 Å². The highest BCUT2D eigenvalue weighted by molar-refractivity contribution is 6.13. The molecule has 0 saturated heterocycles. The third kappa shape index (κ3) is 2.90. The predicted molar refractivity (Wildman–Crippen MR) is 136 cm³/mol. The van der Waals surface area contributed by atoms with Crippen LogP contribution in [0.15, 0.2) is 118 Å².